The largest absolute Gasteiger partial charge is 0.401 e. The molecule has 2 saturated carbocycles. The highest BCUT2D eigenvalue weighted by Crippen LogP contribution is 2.55. The van der Waals surface area contributed by atoms with Crippen LogP contribution in [0.25, 0.3) is 22.2 Å². The van der Waals surface area contributed by atoms with Gasteiger partial charge >= 0.3 is 0 Å². The molecule has 4 fully saturated rings. The Morgan fingerprint density at radius 2 is 1.72 bits per heavy atom. The Labute approximate surface area is 419 Å². The number of allylic oxidation sites excluding steroid dienone is 7. The molecule has 3 aromatic rings. The molecular formula is C57H77BrN8O3. The van der Waals surface area contributed by atoms with Gasteiger partial charge in [0.25, 0.3) is 5.56 Å². The van der Waals surface area contributed by atoms with Crippen LogP contribution < -0.4 is 27.2 Å². The number of likely N-dealkylation sites (tertiary alicyclic amines) is 1. The Balaban J connectivity index is 0.000000191. The van der Waals surface area contributed by atoms with E-state index >= 15 is 0 Å². The lowest BCUT2D eigenvalue weighted by molar-refractivity contribution is -0.142. The standard InChI is InChI=1S/C32H49N5O2.C25H28BrN3O/c1-9-34-22(4)21(3)24-12-14-25(15-13-24)23(5)36-30(38)28-11-10-16-37(28)31(39)29(32(6,7)8)35-19-27(33)26-17-20(2)18-26;26-19-5-4-6-20-22(19)23(30)28-24-25(11-2-1-3-12-25)18-8-7-17(15-21(18)29(20)24)16-9-13-27-14-10-16/h9,12-15,19-20,23,26,28-29,35H,10-11,16-18,33H2,1-8H3,(H,36,38);4-8,16-17,27H,1-3,9-15H2/b22-21+,27-19-,34-9?;. The molecule has 11 nitrogen and oxygen atoms in total. The normalized spacial score (nSPS) is 24.8. The van der Waals surface area contributed by atoms with Crippen molar-refractivity contribution in [1.82, 2.24) is 30.4 Å². The third kappa shape index (κ3) is 10.5. The topological polar surface area (TPSA) is 147 Å². The molecule has 4 unspecified atom stereocenters. The van der Waals surface area contributed by atoms with Crippen LogP contribution in [0.5, 0.6) is 0 Å². The van der Waals surface area contributed by atoms with Crippen molar-refractivity contribution in [2.45, 2.75) is 156 Å². The van der Waals surface area contributed by atoms with Crippen molar-refractivity contribution in [3.8, 4) is 0 Å². The van der Waals surface area contributed by atoms with Gasteiger partial charge in [0.1, 0.15) is 17.9 Å². The van der Waals surface area contributed by atoms with Crippen LogP contribution >= 0.6 is 15.9 Å². The van der Waals surface area contributed by atoms with E-state index < -0.39 is 12.1 Å². The van der Waals surface area contributed by atoms with Crippen LogP contribution in [0.3, 0.4) is 0 Å². The summed E-state index contributed by atoms with van der Waals surface area (Å²) in [5.41, 5.74) is 14.8. The van der Waals surface area contributed by atoms with Gasteiger partial charge in [0, 0.05) is 46.4 Å². The Kier molecular flexibility index (Phi) is 15.6. The summed E-state index contributed by atoms with van der Waals surface area (Å²) in [6, 6.07) is 13.2. The molecule has 0 bridgehead atoms. The van der Waals surface area contributed by atoms with E-state index in [4.69, 9.17) is 10.7 Å². The van der Waals surface area contributed by atoms with Crippen molar-refractivity contribution in [1.29, 1.82) is 0 Å². The van der Waals surface area contributed by atoms with Gasteiger partial charge in [0.2, 0.25) is 11.8 Å². The predicted molar refractivity (Wildman–Crippen MR) is 285 cm³/mol. The maximum atomic E-state index is 13.8. The second-order valence-corrected chi connectivity index (χ2v) is 22.9. The molecule has 370 valence electrons. The lowest BCUT2D eigenvalue weighted by Gasteiger charge is -2.36. The SMILES string of the molecule is CC=N/C(C)=C(\C)c1ccc(C(C)NC(=O)C2CCCN2C(=O)C(N/C=C(\N)C2CC(C)C2)C(C)(C)C)cc1.O=c1nc2n(c3cccc(Br)c13)C1=C(C=CC(C3CCNCC3)C1)C21CCCCC1. The quantitative estimate of drug-likeness (QED) is 0.148. The van der Waals surface area contributed by atoms with Gasteiger partial charge in [-0.25, -0.2) is 0 Å². The Morgan fingerprint density at radius 3 is 2.39 bits per heavy atom. The molecule has 3 aliphatic carbocycles. The second-order valence-electron chi connectivity index (χ2n) is 22.1. The van der Waals surface area contributed by atoms with Crippen LogP contribution in [0, 0.1) is 29.1 Å². The highest BCUT2D eigenvalue weighted by Gasteiger charge is 2.49. The number of amides is 2. The van der Waals surface area contributed by atoms with Crippen molar-refractivity contribution in [2.75, 3.05) is 19.6 Å². The van der Waals surface area contributed by atoms with Crippen LogP contribution in [-0.2, 0) is 15.0 Å². The fourth-order valence-electron chi connectivity index (χ4n) is 12.1. The lowest BCUT2D eigenvalue weighted by Crippen LogP contribution is -2.55. The average molecular weight is 1000 g/mol. The molecule has 1 aromatic heterocycles. The van der Waals surface area contributed by atoms with Crippen molar-refractivity contribution >= 4 is 56.1 Å². The number of carbonyl (C=O) groups is 2. The Morgan fingerprint density at radius 1 is 1.01 bits per heavy atom. The van der Waals surface area contributed by atoms with Gasteiger partial charge in [-0.2, -0.15) is 4.98 Å². The molecule has 2 amide bonds. The van der Waals surface area contributed by atoms with E-state index in [9.17, 15) is 14.4 Å². The van der Waals surface area contributed by atoms with E-state index in [-0.39, 0.29) is 34.2 Å². The van der Waals surface area contributed by atoms with Crippen LogP contribution in [0.2, 0.25) is 0 Å². The minimum absolute atomic E-state index is 0.0458. The van der Waals surface area contributed by atoms with Gasteiger partial charge in [-0.3, -0.25) is 19.4 Å². The van der Waals surface area contributed by atoms with E-state index in [1.54, 1.807) is 11.1 Å². The first-order chi connectivity index (χ1) is 33.0. The van der Waals surface area contributed by atoms with Crippen LogP contribution in [0.1, 0.15) is 155 Å². The minimum Gasteiger partial charge on any atom is -0.401 e. The molecular weight excluding hydrogens is 925 g/mol. The zero-order chi connectivity index (χ0) is 49.2. The number of hydrogen-bond acceptors (Lipinski definition) is 8. The zero-order valence-corrected chi connectivity index (χ0v) is 44.1. The summed E-state index contributed by atoms with van der Waals surface area (Å²) < 4.78 is 3.24. The van der Waals surface area contributed by atoms with Crippen LogP contribution in [0.15, 0.2) is 92.0 Å². The summed E-state index contributed by atoms with van der Waals surface area (Å²) in [7, 11) is 0. The number of nitrogens with zero attached hydrogens (tertiary/aromatic N) is 4. The smallest absolute Gasteiger partial charge is 0.281 e. The van der Waals surface area contributed by atoms with Gasteiger partial charge in [0.05, 0.1) is 22.4 Å². The summed E-state index contributed by atoms with van der Waals surface area (Å²) >= 11 is 3.62. The summed E-state index contributed by atoms with van der Waals surface area (Å²) in [4.78, 5) is 51.2. The number of fused-ring (bicyclic) bond motifs is 6. The lowest BCUT2D eigenvalue weighted by atomic mass is 9.67. The molecule has 9 rings (SSSR count). The summed E-state index contributed by atoms with van der Waals surface area (Å²) in [6.45, 7) is 19.2. The van der Waals surface area contributed by atoms with E-state index in [0.29, 0.717) is 36.1 Å². The second kappa shape index (κ2) is 21.3. The zero-order valence-electron chi connectivity index (χ0n) is 42.5. The third-order valence-electron chi connectivity index (χ3n) is 16.3. The minimum atomic E-state index is -0.473. The van der Waals surface area contributed by atoms with Crippen molar-refractivity contribution in [3.63, 3.8) is 0 Å². The van der Waals surface area contributed by atoms with E-state index in [2.05, 4.69) is 85.6 Å². The highest BCUT2D eigenvalue weighted by atomic mass is 79.9. The number of carbonyl (C=O) groups excluding carboxylic acids is 2. The number of rotatable bonds is 10. The number of nitrogens with one attached hydrogen (secondary N) is 3. The molecule has 2 aromatic carbocycles. The fraction of sp³-hybridized carbons (Fsp3) is 0.561. The van der Waals surface area contributed by atoms with Gasteiger partial charge in [-0.15, -0.1) is 0 Å². The van der Waals surface area contributed by atoms with Gasteiger partial charge < -0.3 is 31.2 Å². The number of piperidine rings is 1. The van der Waals surface area contributed by atoms with Crippen molar-refractivity contribution < 1.29 is 9.59 Å². The summed E-state index contributed by atoms with van der Waals surface area (Å²) in [6.07, 6.45) is 21.7. The maximum absolute atomic E-state index is 13.8. The monoisotopic (exact) mass is 1000 g/mol. The first-order valence-corrected chi connectivity index (χ1v) is 26.7. The third-order valence-corrected chi connectivity index (χ3v) is 17.0. The number of aromatic nitrogens is 2. The molecule has 69 heavy (non-hydrogen) atoms. The number of hydrogen-bond donors (Lipinski definition) is 4. The molecule has 6 aliphatic rings. The Bertz CT molecular complexity index is 2600. The molecule has 5 N–H and O–H groups in total. The van der Waals surface area contributed by atoms with Gasteiger partial charge in [-0.1, -0.05) is 89.4 Å². The molecule has 2 saturated heterocycles. The molecule has 1 spiro atoms. The molecule has 4 atom stereocenters. The number of aliphatic imine (C=N–C) groups is 1. The van der Waals surface area contributed by atoms with E-state index in [0.717, 1.165) is 101 Å². The number of nitrogens with two attached hydrogens (primary N) is 1. The van der Waals surface area contributed by atoms with Gasteiger partial charge in [0.15, 0.2) is 0 Å². The molecule has 0 radical (unpaired) electrons. The Hall–Kier alpha value is -4.81. The molecule has 12 heteroatoms. The fourth-order valence-corrected chi connectivity index (χ4v) is 12.6. The van der Waals surface area contributed by atoms with E-state index in [1.165, 1.54) is 43.4 Å². The summed E-state index contributed by atoms with van der Waals surface area (Å²) in [5, 5.41) is 10.7. The average Bonchev–Trinajstić information content (AvgIpc) is 3.92. The van der Waals surface area contributed by atoms with Crippen LogP contribution in [0.4, 0.5) is 0 Å². The van der Waals surface area contributed by atoms with Gasteiger partial charge in [-0.05, 0) is 172 Å². The van der Waals surface area contributed by atoms with Crippen molar-refractivity contribution in [2.24, 2.45) is 39.8 Å². The first kappa shape index (κ1) is 50.6. The van der Waals surface area contributed by atoms with Crippen molar-refractivity contribution in [3.05, 3.63) is 110 Å². The maximum Gasteiger partial charge on any atom is 0.281 e. The molecule has 3 aliphatic heterocycles. The summed E-state index contributed by atoms with van der Waals surface area (Å²) in [5.74, 6) is 3.28. The predicted octanol–water partition coefficient (Wildman–Crippen LogP) is 10.7. The first-order valence-electron chi connectivity index (χ1n) is 26.0. The number of halogens is 1. The highest BCUT2D eigenvalue weighted by molar-refractivity contribution is 9.10. The molecule has 4 heterocycles. The van der Waals surface area contributed by atoms with E-state index in [1.807, 2.05) is 72.0 Å². The van der Waals surface area contributed by atoms with Crippen LogP contribution in [-0.4, -0.2) is 64.2 Å². The number of benzene rings is 2.